The molecule has 0 aromatic heterocycles. The van der Waals surface area contributed by atoms with E-state index in [2.05, 4.69) is 10.7 Å². The van der Waals surface area contributed by atoms with Gasteiger partial charge < -0.3 is 15.6 Å². The fourth-order valence-electron chi connectivity index (χ4n) is 3.98. The van der Waals surface area contributed by atoms with Crippen molar-refractivity contribution in [3.63, 3.8) is 0 Å². The number of piperidine rings is 1. The lowest BCUT2D eigenvalue weighted by molar-refractivity contribution is -0.137. The Kier molecular flexibility index (Phi) is 5.89. The third-order valence-corrected chi connectivity index (χ3v) is 6.25. The monoisotopic (exact) mass is 457 g/mol. The number of carbonyl (C=O) groups is 2. The van der Waals surface area contributed by atoms with Crippen molar-refractivity contribution in [1.82, 2.24) is 10.3 Å². The number of allylic oxidation sites excluding steroid dienone is 1. The van der Waals surface area contributed by atoms with Gasteiger partial charge in [-0.15, -0.1) is 0 Å². The Balaban J connectivity index is 1.48. The first kappa shape index (κ1) is 21.2. The summed E-state index contributed by atoms with van der Waals surface area (Å²) < 4.78 is 0. The Bertz CT molecular complexity index is 1050. The Morgan fingerprint density at radius 1 is 1.13 bits per heavy atom. The zero-order valence-corrected chi connectivity index (χ0v) is 18.1. The summed E-state index contributed by atoms with van der Waals surface area (Å²) in [6.45, 7) is 0.976. The predicted octanol–water partition coefficient (Wildman–Crippen LogP) is 3.76. The Morgan fingerprint density at radius 2 is 1.84 bits per heavy atom. The minimum absolute atomic E-state index is 0.0128. The Labute approximate surface area is 190 Å². The van der Waals surface area contributed by atoms with Gasteiger partial charge in [0.2, 0.25) is 0 Å². The summed E-state index contributed by atoms with van der Waals surface area (Å²) in [6.07, 6.45) is 2.17. The zero-order valence-electron chi connectivity index (χ0n) is 16.6. The van der Waals surface area contributed by atoms with Gasteiger partial charge in [-0.25, -0.2) is 0 Å². The number of rotatable bonds is 5. The third-order valence-electron chi connectivity index (χ3n) is 5.65. The zero-order chi connectivity index (χ0) is 22.0. The van der Waals surface area contributed by atoms with Crippen molar-refractivity contribution in [3.8, 4) is 0 Å². The Morgan fingerprint density at radius 3 is 2.45 bits per heavy atom. The molecule has 2 aliphatic rings. The first-order valence-electron chi connectivity index (χ1n) is 9.83. The molecule has 2 amide bonds. The normalized spacial score (nSPS) is 18.1. The molecule has 0 aliphatic carbocycles. The lowest BCUT2D eigenvalue weighted by Crippen LogP contribution is -2.78. The van der Waals surface area contributed by atoms with Gasteiger partial charge in [0, 0.05) is 30.0 Å². The highest BCUT2D eigenvalue weighted by molar-refractivity contribution is 6.45. The quantitative estimate of drug-likeness (QED) is 0.470. The molecule has 2 aliphatic heterocycles. The van der Waals surface area contributed by atoms with Crippen molar-refractivity contribution in [2.75, 3.05) is 23.4 Å². The molecule has 2 aromatic rings. The van der Waals surface area contributed by atoms with Crippen LogP contribution in [0.3, 0.4) is 0 Å². The van der Waals surface area contributed by atoms with Crippen molar-refractivity contribution >= 4 is 52.6 Å². The molecular formula is C22H21Cl2N5O2. The summed E-state index contributed by atoms with van der Waals surface area (Å²) in [5.41, 5.74) is 4.01. The highest BCUT2D eigenvalue weighted by Gasteiger charge is 2.55. The van der Waals surface area contributed by atoms with E-state index in [1.54, 1.807) is 24.3 Å². The largest absolute Gasteiger partial charge is 0.369 e. The number of hydrogen-bond acceptors (Lipinski definition) is 5. The van der Waals surface area contributed by atoms with E-state index in [0.29, 0.717) is 42.3 Å². The van der Waals surface area contributed by atoms with Crippen LogP contribution in [0.25, 0.3) is 0 Å². The molecule has 0 atom stereocenters. The molecule has 160 valence electrons. The van der Waals surface area contributed by atoms with Gasteiger partial charge in [-0.2, -0.15) is 0 Å². The highest BCUT2D eigenvalue weighted by atomic mass is 35.5. The second-order valence-electron chi connectivity index (χ2n) is 7.44. The van der Waals surface area contributed by atoms with Gasteiger partial charge in [0.15, 0.2) is 0 Å². The van der Waals surface area contributed by atoms with E-state index in [4.69, 9.17) is 28.6 Å². The van der Waals surface area contributed by atoms with E-state index in [1.807, 2.05) is 40.2 Å². The average Bonchev–Trinajstić information content (AvgIpc) is 2.79. The predicted molar refractivity (Wildman–Crippen MR) is 122 cm³/mol. The number of likely N-dealkylation sites (tertiary alicyclic amines) is 1. The molecule has 2 fully saturated rings. The molecule has 0 bridgehead atoms. The molecule has 9 heteroatoms. The minimum atomic E-state index is -0.624. The van der Waals surface area contributed by atoms with Gasteiger partial charge in [0.1, 0.15) is 10.6 Å². The van der Waals surface area contributed by atoms with Gasteiger partial charge in [0.05, 0.1) is 11.4 Å². The van der Waals surface area contributed by atoms with Gasteiger partial charge >= 0.3 is 0 Å². The van der Waals surface area contributed by atoms with Crippen LogP contribution in [0.5, 0.6) is 0 Å². The number of hydrazine groups is 1. The van der Waals surface area contributed by atoms with Crippen molar-refractivity contribution in [3.05, 3.63) is 70.3 Å². The molecule has 2 heterocycles. The lowest BCUT2D eigenvalue weighted by atomic mass is 9.82. The first-order valence-corrected chi connectivity index (χ1v) is 10.6. The van der Waals surface area contributed by atoms with Crippen LogP contribution < -0.4 is 15.8 Å². The maximum Gasteiger partial charge on any atom is 0.269 e. The van der Waals surface area contributed by atoms with E-state index in [1.165, 1.54) is 0 Å². The van der Waals surface area contributed by atoms with Gasteiger partial charge in [0.25, 0.3) is 11.8 Å². The van der Waals surface area contributed by atoms with Crippen LogP contribution in [-0.2, 0) is 9.59 Å². The molecule has 3 N–H and O–H groups in total. The smallest absolute Gasteiger partial charge is 0.269 e. The van der Waals surface area contributed by atoms with Gasteiger partial charge in [-0.3, -0.25) is 20.0 Å². The maximum atomic E-state index is 12.6. The van der Waals surface area contributed by atoms with Crippen LogP contribution >= 0.6 is 23.2 Å². The summed E-state index contributed by atoms with van der Waals surface area (Å²) in [5.74, 6) is -0.531. The summed E-state index contributed by atoms with van der Waals surface area (Å²) in [6, 6.07) is 16.4. The summed E-state index contributed by atoms with van der Waals surface area (Å²) in [7, 11) is 0. The third kappa shape index (κ3) is 3.98. The van der Waals surface area contributed by atoms with Crippen LogP contribution in [0.4, 0.5) is 11.4 Å². The van der Waals surface area contributed by atoms with Gasteiger partial charge in [-0.05, 0) is 43.2 Å². The van der Waals surface area contributed by atoms with E-state index in [9.17, 15) is 9.59 Å². The molecular weight excluding hydrogens is 437 g/mol. The first-order chi connectivity index (χ1) is 14.9. The summed E-state index contributed by atoms with van der Waals surface area (Å²) in [4.78, 5) is 27.0. The Hall–Kier alpha value is -3.03. The number of amides is 2. The standard InChI is InChI=1S/C22H21Cl2N5O2/c23-15-5-4-6-16(13-15)26-20(30)19(24)18(14-25)28-11-9-22(10-12-28)21(31)27-29(22)17-7-2-1-3-8-17/h1-8,13-14,25H,9-12H2,(H,26,30)(H,27,31)/b19-18-,25-14?. The number of nitrogens with one attached hydrogen (secondary N) is 3. The molecule has 4 rings (SSSR count). The van der Waals surface area contributed by atoms with E-state index in [0.717, 1.165) is 11.9 Å². The van der Waals surface area contributed by atoms with E-state index < -0.39 is 11.4 Å². The number of hydrogen-bond donors (Lipinski definition) is 3. The van der Waals surface area contributed by atoms with Crippen molar-refractivity contribution in [2.24, 2.45) is 0 Å². The maximum absolute atomic E-state index is 12.6. The molecule has 0 unspecified atom stereocenters. The second kappa shape index (κ2) is 8.61. The molecule has 0 saturated carbocycles. The molecule has 2 aromatic carbocycles. The number of benzene rings is 2. The topological polar surface area (TPSA) is 88.5 Å². The minimum Gasteiger partial charge on any atom is -0.369 e. The van der Waals surface area contributed by atoms with E-state index in [-0.39, 0.29) is 10.9 Å². The lowest BCUT2D eigenvalue weighted by Gasteiger charge is -2.55. The molecule has 2 saturated heterocycles. The SMILES string of the molecule is N=C/C(=C(/Cl)C(=O)Nc1cccc(Cl)c1)N1CCC2(CC1)C(=O)NN2c1ccccc1. The molecule has 31 heavy (non-hydrogen) atoms. The molecule has 7 nitrogen and oxygen atoms in total. The van der Waals surface area contributed by atoms with E-state index >= 15 is 0 Å². The number of carbonyl (C=O) groups excluding carboxylic acids is 2. The highest BCUT2D eigenvalue weighted by Crippen LogP contribution is 2.38. The van der Waals surface area contributed by atoms with Crippen molar-refractivity contribution in [2.45, 2.75) is 18.4 Å². The molecule has 1 spiro atoms. The fraction of sp³-hybridized carbons (Fsp3) is 0.227. The van der Waals surface area contributed by atoms with Crippen LogP contribution in [0.15, 0.2) is 65.3 Å². The summed E-state index contributed by atoms with van der Waals surface area (Å²) in [5, 5.41) is 12.8. The van der Waals surface area contributed by atoms with Crippen LogP contribution in [0, 0.1) is 5.41 Å². The molecule has 0 radical (unpaired) electrons. The average molecular weight is 458 g/mol. The van der Waals surface area contributed by atoms with Gasteiger partial charge in [-0.1, -0.05) is 47.5 Å². The van der Waals surface area contributed by atoms with Crippen LogP contribution in [-0.4, -0.2) is 41.6 Å². The second-order valence-corrected chi connectivity index (χ2v) is 8.25. The van der Waals surface area contributed by atoms with Crippen molar-refractivity contribution in [1.29, 1.82) is 5.41 Å². The number of halogens is 2. The number of nitrogens with zero attached hydrogens (tertiary/aromatic N) is 2. The number of para-hydroxylation sites is 1. The van der Waals surface area contributed by atoms with Crippen LogP contribution in [0.1, 0.15) is 12.8 Å². The van der Waals surface area contributed by atoms with Crippen LogP contribution in [0.2, 0.25) is 5.02 Å². The fourth-order valence-corrected chi connectivity index (χ4v) is 4.39. The number of anilines is 2. The van der Waals surface area contributed by atoms with Crippen molar-refractivity contribution < 1.29 is 9.59 Å². The summed E-state index contributed by atoms with van der Waals surface area (Å²) >= 11 is 12.3.